The largest absolute Gasteiger partial charge is 0.478 e. The second-order valence-corrected chi connectivity index (χ2v) is 9.78. The number of carboxylic acid groups (broad SMARTS) is 1. The first-order valence-electron chi connectivity index (χ1n) is 11.6. The number of hydrazone groups is 1. The van der Waals surface area contributed by atoms with Crippen molar-refractivity contribution in [3.63, 3.8) is 0 Å². The highest BCUT2D eigenvalue weighted by Gasteiger charge is 2.27. The lowest BCUT2D eigenvalue weighted by Gasteiger charge is -2.11. The van der Waals surface area contributed by atoms with E-state index in [0.29, 0.717) is 11.1 Å². The first kappa shape index (κ1) is 22.9. The van der Waals surface area contributed by atoms with Gasteiger partial charge in [-0.25, -0.2) is 10.2 Å². The predicted molar refractivity (Wildman–Crippen MR) is 138 cm³/mol. The Morgan fingerprint density at radius 3 is 2.51 bits per heavy atom. The monoisotopic (exact) mass is 486 g/mol. The minimum absolute atomic E-state index is 0.298. The molecule has 1 amide bonds. The van der Waals surface area contributed by atoms with E-state index in [1.54, 1.807) is 29.7 Å². The number of aromatic nitrogens is 2. The summed E-state index contributed by atoms with van der Waals surface area (Å²) in [4.78, 5) is 25.9. The van der Waals surface area contributed by atoms with Gasteiger partial charge in [-0.3, -0.25) is 4.79 Å². The van der Waals surface area contributed by atoms with Gasteiger partial charge in [0, 0.05) is 45.5 Å². The molecule has 0 aliphatic heterocycles. The van der Waals surface area contributed by atoms with E-state index in [1.165, 1.54) is 4.88 Å². The van der Waals surface area contributed by atoms with Gasteiger partial charge in [-0.05, 0) is 87.6 Å². The van der Waals surface area contributed by atoms with Crippen molar-refractivity contribution in [2.45, 2.75) is 39.5 Å². The summed E-state index contributed by atoms with van der Waals surface area (Å²) in [5.41, 5.74) is 8.13. The van der Waals surface area contributed by atoms with Crippen molar-refractivity contribution in [3.05, 3.63) is 93.4 Å². The molecule has 0 atom stereocenters. The van der Waals surface area contributed by atoms with E-state index in [9.17, 15) is 14.7 Å². The fourth-order valence-corrected chi connectivity index (χ4v) is 6.17. The fourth-order valence-electron chi connectivity index (χ4n) is 4.68. The summed E-state index contributed by atoms with van der Waals surface area (Å²) in [5.74, 6) is -1.18. The molecule has 0 fully saturated rings. The maximum absolute atomic E-state index is 12.5. The number of hydrogen-bond donors (Lipinski definition) is 2. The van der Waals surface area contributed by atoms with Crippen LogP contribution in [0.4, 0.5) is 0 Å². The topological polar surface area (TPSA) is 88.6 Å². The first-order valence-corrected chi connectivity index (χ1v) is 12.4. The molecule has 3 heterocycles. The molecule has 0 bridgehead atoms. The molecule has 7 nitrogen and oxygen atoms in total. The molecule has 0 radical (unpaired) electrons. The van der Waals surface area contributed by atoms with Crippen LogP contribution < -0.4 is 5.43 Å². The van der Waals surface area contributed by atoms with Crippen molar-refractivity contribution < 1.29 is 14.7 Å². The number of amides is 1. The van der Waals surface area contributed by atoms with Gasteiger partial charge in [0.25, 0.3) is 5.91 Å². The van der Waals surface area contributed by atoms with Crippen molar-refractivity contribution in [2.75, 3.05) is 0 Å². The molecule has 3 aromatic heterocycles. The van der Waals surface area contributed by atoms with Crippen molar-refractivity contribution >= 4 is 29.4 Å². The highest BCUT2D eigenvalue weighted by Crippen LogP contribution is 2.38. The number of carbonyl (C=O) groups excluding carboxylic acids is 1. The molecule has 0 spiro atoms. The van der Waals surface area contributed by atoms with Crippen LogP contribution in [0.5, 0.6) is 0 Å². The Morgan fingerprint density at radius 2 is 1.80 bits per heavy atom. The van der Waals surface area contributed by atoms with Gasteiger partial charge < -0.3 is 14.2 Å². The molecule has 35 heavy (non-hydrogen) atoms. The number of nitrogens with one attached hydrogen (secondary N) is 1. The van der Waals surface area contributed by atoms with E-state index in [1.807, 2.05) is 65.7 Å². The molecular weight excluding hydrogens is 460 g/mol. The van der Waals surface area contributed by atoms with Crippen LogP contribution in [0, 0.1) is 13.8 Å². The molecule has 0 unspecified atom stereocenters. The number of hydrogen-bond acceptors (Lipinski definition) is 4. The van der Waals surface area contributed by atoms with Crippen LogP contribution in [-0.2, 0) is 12.8 Å². The Kier molecular flexibility index (Phi) is 6.13. The smallest absolute Gasteiger partial charge is 0.339 e. The summed E-state index contributed by atoms with van der Waals surface area (Å²) >= 11 is 1.58. The van der Waals surface area contributed by atoms with Gasteiger partial charge in [0.1, 0.15) is 5.00 Å². The number of carbonyl (C=O) groups is 2. The van der Waals surface area contributed by atoms with E-state index in [4.69, 9.17) is 0 Å². The van der Waals surface area contributed by atoms with E-state index >= 15 is 0 Å². The van der Waals surface area contributed by atoms with Crippen molar-refractivity contribution in [1.82, 2.24) is 14.6 Å². The average molecular weight is 487 g/mol. The van der Waals surface area contributed by atoms with Crippen molar-refractivity contribution in [2.24, 2.45) is 5.10 Å². The normalized spacial score (nSPS) is 13.2. The summed E-state index contributed by atoms with van der Waals surface area (Å²) in [6.07, 6.45) is 9.38. The van der Waals surface area contributed by atoms with Crippen molar-refractivity contribution in [1.29, 1.82) is 0 Å². The Labute approximate surface area is 207 Å². The van der Waals surface area contributed by atoms with Crippen LogP contribution in [0.1, 0.15) is 60.9 Å². The Bertz CT molecular complexity index is 1430. The highest BCUT2D eigenvalue weighted by molar-refractivity contribution is 7.15. The lowest BCUT2D eigenvalue weighted by atomic mass is 9.95. The third kappa shape index (κ3) is 4.33. The van der Waals surface area contributed by atoms with Gasteiger partial charge in [0.05, 0.1) is 11.8 Å². The lowest BCUT2D eigenvalue weighted by molar-refractivity contribution is 0.0695. The van der Waals surface area contributed by atoms with Crippen LogP contribution in [0.15, 0.2) is 60.0 Å². The standard InChI is InChI=1S/C27H26N4O3S/c1-17-15-20(16-28-29-25(32)19-9-11-21(12-10-19)30-13-5-6-14-30)18(2)31(17)26-24(27(33)34)22-7-3-4-8-23(22)35-26/h5-6,9-16H,3-4,7-8H2,1-2H3,(H,29,32)(H,33,34)/b28-16+. The minimum Gasteiger partial charge on any atom is -0.478 e. The van der Waals surface area contributed by atoms with Gasteiger partial charge in [-0.1, -0.05) is 0 Å². The van der Waals surface area contributed by atoms with E-state index in [0.717, 1.165) is 58.9 Å². The zero-order valence-corrected chi connectivity index (χ0v) is 20.4. The third-order valence-electron chi connectivity index (χ3n) is 6.44. The summed E-state index contributed by atoms with van der Waals surface area (Å²) in [6, 6.07) is 13.1. The van der Waals surface area contributed by atoms with Crippen LogP contribution in [0.3, 0.4) is 0 Å². The second-order valence-electron chi connectivity index (χ2n) is 8.69. The van der Waals surface area contributed by atoms with E-state index in [2.05, 4.69) is 10.5 Å². The number of rotatable bonds is 6. The predicted octanol–water partition coefficient (Wildman–Crippen LogP) is 5.29. The van der Waals surface area contributed by atoms with E-state index < -0.39 is 5.97 Å². The quantitative estimate of drug-likeness (QED) is 0.287. The van der Waals surface area contributed by atoms with E-state index in [-0.39, 0.29) is 5.91 Å². The van der Waals surface area contributed by atoms with Gasteiger partial charge in [-0.15, -0.1) is 11.3 Å². The summed E-state index contributed by atoms with van der Waals surface area (Å²) in [7, 11) is 0. The van der Waals surface area contributed by atoms with Gasteiger partial charge in [0.2, 0.25) is 0 Å². The number of nitrogens with zero attached hydrogens (tertiary/aromatic N) is 3. The first-order chi connectivity index (χ1) is 16.9. The molecule has 5 rings (SSSR count). The maximum atomic E-state index is 12.5. The summed E-state index contributed by atoms with van der Waals surface area (Å²) < 4.78 is 3.96. The molecule has 1 aliphatic rings. The molecule has 0 saturated carbocycles. The number of thiophene rings is 1. The number of aryl methyl sites for hydroxylation is 2. The molecule has 178 valence electrons. The molecule has 8 heteroatoms. The zero-order chi connectivity index (χ0) is 24.5. The molecule has 1 aliphatic carbocycles. The third-order valence-corrected chi connectivity index (χ3v) is 7.72. The van der Waals surface area contributed by atoms with Crippen LogP contribution >= 0.6 is 11.3 Å². The number of aromatic carboxylic acids is 1. The van der Waals surface area contributed by atoms with Crippen LogP contribution in [0.2, 0.25) is 0 Å². The Balaban J connectivity index is 1.35. The molecular formula is C27H26N4O3S. The van der Waals surface area contributed by atoms with Gasteiger partial charge in [0.15, 0.2) is 0 Å². The number of fused-ring (bicyclic) bond motifs is 1. The lowest BCUT2D eigenvalue weighted by Crippen LogP contribution is -2.17. The van der Waals surface area contributed by atoms with Gasteiger partial charge >= 0.3 is 5.97 Å². The number of benzene rings is 1. The minimum atomic E-state index is -0.878. The summed E-state index contributed by atoms with van der Waals surface area (Å²) in [5, 5.41) is 14.9. The van der Waals surface area contributed by atoms with Gasteiger partial charge in [-0.2, -0.15) is 5.10 Å². The van der Waals surface area contributed by atoms with Crippen molar-refractivity contribution in [3.8, 4) is 10.7 Å². The zero-order valence-electron chi connectivity index (χ0n) is 19.6. The SMILES string of the molecule is Cc1cc(/C=N/NC(=O)c2ccc(-n3cccc3)cc2)c(C)n1-c1sc2c(c1C(=O)O)CCCC2. The highest BCUT2D eigenvalue weighted by atomic mass is 32.1. The molecule has 2 N–H and O–H groups in total. The average Bonchev–Trinajstić information content (AvgIpc) is 3.57. The summed E-state index contributed by atoms with van der Waals surface area (Å²) in [6.45, 7) is 3.90. The number of carboxylic acids is 1. The maximum Gasteiger partial charge on any atom is 0.339 e. The fraction of sp³-hybridized carbons (Fsp3) is 0.222. The van der Waals surface area contributed by atoms with Crippen LogP contribution in [0.25, 0.3) is 10.7 Å². The second kappa shape index (κ2) is 9.38. The molecule has 4 aromatic rings. The Hall–Kier alpha value is -3.91. The molecule has 1 aromatic carbocycles. The van der Waals surface area contributed by atoms with Crippen LogP contribution in [-0.4, -0.2) is 32.3 Å². The molecule has 0 saturated heterocycles. The Morgan fingerprint density at radius 1 is 1.09 bits per heavy atom.